The van der Waals surface area contributed by atoms with Crippen molar-refractivity contribution >= 4 is 0 Å². The topological polar surface area (TPSA) is 9.23 Å². The second-order valence-electron chi connectivity index (χ2n) is 4.28. The quantitative estimate of drug-likeness (QED) is 0.498. The number of ether oxygens (including phenoxy) is 1. The highest BCUT2D eigenvalue weighted by atomic mass is 16.5. The minimum absolute atomic E-state index is 0. The molecule has 0 N–H and O–H groups in total. The number of unbranched alkanes of at least 4 members (excludes halogenated alkanes) is 6. The van der Waals surface area contributed by atoms with Gasteiger partial charge in [-0.2, -0.15) is 0 Å². The Morgan fingerprint density at radius 3 is 1.47 bits per heavy atom. The summed E-state index contributed by atoms with van der Waals surface area (Å²) in [6.07, 6.45) is 9.97. The average Bonchev–Trinajstić information content (AvgIpc) is 2.40. The van der Waals surface area contributed by atoms with E-state index >= 15 is 0 Å². The van der Waals surface area contributed by atoms with Crippen LogP contribution in [-0.2, 0) is 0 Å². The van der Waals surface area contributed by atoms with Crippen molar-refractivity contribution in [3.8, 4) is 5.75 Å². The normalized spacial score (nSPS) is 8.37. The van der Waals surface area contributed by atoms with Gasteiger partial charge < -0.3 is 4.74 Å². The lowest BCUT2D eigenvalue weighted by atomic mass is 10.1. The first-order chi connectivity index (χ1) is 8.35. The second-order valence-corrected chi connectivity index (χ2v) is 4.28. The second kappa shape index (κ2) is 19.4. The van der Waals surface area contributed by atoms with Crippen LogP contribution in [0.25, 0.3) is 0 Å². The van der Waals surface area contributed by atoms with E-state index < -0.39 is 0 Å². The van der Waals surface area contributed by atoms with E-state index in [2.05, 4.69) is 13.8 Å². The van der Waals surface area contributed by atoms with E-state index in [4.69, 9.17) is 4.74 Å². The first kappa shape index (κ1) is 23.1. The molecule has 0 saturated heterocycles. The Kier molecular flexibility index (Phi) is 23.6. The molecular weight excluding hydrogens is 232 g/mol. The molecule has 114 valence electrons. The van der Waals surface area contributed by atoms with Gasteiger partial charge in [0.05, 0.1) is 7.11 Å². The van der Waals surface area contributed by atoms with Crippen LogP contribution in [0.4, 0.5) is 0 Å². The average molecular weight is 268 g/mol. The fourth-order valence-corrected chi connectivity index (χ4v) is 1.59. The molecule has 0 radical (unpaired) electrons. The lowest BCUT2D eigenvalue weighted by molar-refractivity contribution is 0.415. The highest BCUT2D eigenvalue weighted by Gasteiger charge is 1.85. The number of rotatable bonds is 7. The van der Waals surface area contributed by atoms with Crippen LogP contribution in [-0.4, -0.2) is 7.11 Å². The molecule has 0 spiro atoms. The number of benzene rings is 1. The van der Waals surface area contributed by atoms with Crippen molar-refractivity contribution in [1.82, 2.24) is 0 Å². The number of hydrogen-bond donors (Lipinski definition) is 0. The van der Waals surface area contributed by atoms with Gasteiger partial charge in [0.25, 0.3) is 0 Å². The number of para-hydroxylation sites is 1. The largest absolute Gasteiger partial charge is 0.497 e. The van der Waals surface area contributed by atoms with Gasteiger partial charge in [0.1, 0.15) is 5.75 Å². The third kappa shape index (κ3) is 17.0. The predicted molar refractivity (Wildman–Crippen MR) is 90.1 cm³/mol. The lowest BCUT2D eigenvalue weighted by Crippen LogP contribution is -1.78. The van der Waals surface area contributed by atoms with Gasteiger partial charge in [-0.25, -0.2) is 0 Å². The van der Waals surface area contributed by atoms with Crippen molar-refractivity contribution in [1.29, 1.82) is 0 Å². The molecule has 0 atom stereocenters. The van der Waals surface area contributed by atoms with Crippen molar-refractivity contribution in [3.05, 3.63) is 30.3 Å². The SMILES string of the molecule is C.C.CCCCCCCCC.COc1ccccc1. The molecule has 0 unspecified atom stereocenters. The summed E-state index contributed by atoms with van der Waals surface area (Å²) in [5.41, 5.74) is 0. The van der Waals surface area contributed by atoms with Crippen molar-refractivity contribution in [2.75, 3.05) is 7.11 Å². The van der Waals surface area contributed by atoms with Crippen molar-refractivity contribution in [2.45, 2.75) is 73.6 Å². The maximum Gasteiger partial charge on any atom is 0.118 e. The molecule has 0 amide bonds. The van der Waals surface area contributed by atoms with Gasteiger partial charge in [-0.05, 0) is 12.1 Å². The fraction of sp³-hybridized carbons (Fsp3) is 0.667. The maximum absolute atomic E-state index is 4.91. The summed E-state index contributed by atoms with van der Waals surface area (Å²) in [6, 6.07) is 9.68. The minimum Gasteiger partial charge on any atom is -0.497 e. The van der Waals surface area contributed by atoms with Gasteiger partial charge in [0.2, 0.25) is 0 Å². The number of methoxy groups -OCH3 is 1. The summed E-state index contributed by atoms with van der Waals surface area (Å²) in [5, 5.41) is 0. The molecule has 0 aliphatic heterocycles. The summed E-state index contributed by atoms with van der Waals surface area (Å²) in [7, 11) is 1.66. The zero-order chi connectivity index (χ0) is 12.8. The van der Waals surface area contributed by atoms with Crippen LogP contribution in [0.5, 0.6) is 5.75 Å². The first-order valence-electron chi connectivity index (χ1n) is 6.94. The summed E-state index contributed by atoms with van der Waals surface area (Å²) in [5.74, 6) is 0.910. The van der Waals surface area contributed by atoms with E-state index in [9.17, 15) is 0 Å². The van der Waals surface area contributed by atoms with Crippen LogP contribution in [0.15, 0.2) is 30.3 Å². The molecule has 0 saturated carbocycles. The molecule has 1 nitrogen and oxygen atoms in total. The first-order valence-corrected chi connectivity index (χ1v) is 6.94. The standard InChI is InChI=1S/C9H20.C7H8O.2CH4/c1-3-5-7-9-8-6-4-2;1-8-7-5-3-2-4-6-7;;/h3-9H2,1-2H3;2-6H,1H3;2*1H4. The molecule has 1 aromatic rings. The molecule has 0 bridgehead atoms. The van der Waals surface area contributed by atoms with Crippen LogP contribution in [0.2, 0.25) is 0 Å². The Morgan fingerprint density at radius 2 is 1.16 bits per heavy atom. The van der Waals surface area contributed by atoms with E-state index in [0.717, 1.165) is 5.75 Å². The highest BCUT2D eigenvalue weighted by Crippen LogP contribution is 2.06. The van der Waals surface area contributed by atoms with Gasteiger partial charge >= 0.3 is 0 Å². The van der Waals surface area contributed by atoms with Gasteiger partial charge in [0.15, 0.2) is 0 Å². The van der Waals surface area contributed by atoms with Gasteiger partial charge in [-0.15, -0.1) is 0 Å². The summed E-state index contributed by atoms with van der Waals surface area (Å²) < 4.78 is 4.91. The van der Waals surface area contributed by atoms with Crippen molar-refractivity contribution in [3.63, 3.8) is 0 Å². The van der Waals surface area contributed by atoms with E-state index in [0.29, 0.717) is 0 Å². The smallest absolute Gasteiger partial charge is 0.118 e. The zero-order valence-electron chi connectivity index (χ0n) is 11.7. The molecular formula is C18H36O. The maximum atomic E-state index is 4.91. The van der Waals surface area contributed by atoms with E-state index in [1.54, 1.807) is 7.11 Å². The van der Waals surface area contributed by atoms with Crippen molar-refractivity contribution < 1.29 is 4.74 Å². The molecule has 0 heterocycles. The summed E-state index contributed by atoms with van der Waals surface area (Å²) in [6.45, 7) is 4.53. The molecule has 1 aromatic carbocycles. The molecule has 0 aliphatic carbocycles. The monoisotopic (exact) mass is 268 g/mol. The fourth-order valence-electron chi connectivity index (χ4n) is 1.59. The van der Waals surface area contributed by atoms with Crippen LogP contribution in [0.1, 0.15) is 73.6 Å². The summed E-state index contributed by atoms with van der Waals surface area (Å²) in [4.78, 5) is 0. The van der Waals surface area contributed by atoms with E-state index in [1.165, 1.54) is 44.9 Å². The van der Waals surface area contributed by atoms with E-state index in [-0.39, 0.29) is 14.9 Å². The van der Waals surface area contributed by atoms with Crippen LogP contribution < -0.4 is 4.74 Å². The van der Waals surface area contributed by atoms with Gasteiger partial charge in [0, 0.05) is 0 Å². The van der Waals surface area contributed by atoms with Gasteiger partial charge in [-0.1, -0.05) is 91.8 Å². The third-order valence-corrected chi connectivity index (χ3v) is 2.69. The lowest BCUT2D eigenvalue weighted by Gasteiger charge is -1.96. The summed E-state index contributed by atoms with van der Waals surface area (Å²) >= 11 is 0. The zero-order valence-corrected chi connectivity index (χ0v) is 11.7. The molecule has 0 fully saturated rings. The van der Waals surface area contributed by atoms with E-state index in [1.807, 2.05) is 30.3 Å². The van der Waals surface area contributed by atoms with Crippen LogP contribution in [0.3, 0.4) is 0 Å². The number of hydrogen-bond acceptors (Lipinski definition) is 1. The van der Waals surface area contributed by atoms with Gasteiger partial charge in [-0.3, -0.25) is 0 Å². The Balaban J connectivity index is -0.000000244. The van der Waals surface area contributed by atoms with Crippen LogP contribution in [0, 0.1) is 0 Å². The Hall–Kier alpha value is -0.980. The Morgan fingerprint density at radius 1 is 0.737 bits per heavy atom. The molecule has 1 heteroatoms. The molecule has 19 heavy (non-hydrogen) atoms. The molecule has 0 aromatic heterocycles. The Bertz CT molecular complexity index is 225. The third-order valence-electron chi connectivity index (χ3n) is 2.69. The van der Waals surface area contributed by atoms with Crippen molar-refractivity contribution in [2.24, 2.45) is 0 Å². The Labute approximate surface area is 122 Å². The van der Waals surface area contributed by atoms with Crippen LogP contribution >= 0.6 is 0 Å². The molecule has 1 rings (SSSR count). The highest BCUT2D eigenvalue weighted by molar-refractivity contribution is 5.20. The predicted octanol–water partition coefficient (Wildman–Crippen LogP) is 6.72. The molecule has 0 aliphatic rings. The minimum atomic E-state index is 0.